The fourth-order valence-corrected chi connectivity index (χ4v) is 1.44. The number of aliphatic hydroxyl groups is 1. The van der Waals surface area contributed by atoms with Gasteiger partial charge >= 0.3 is 0 Å². The molecule has 82 valence electrons. The average Bonchev–Trinajstić information content (AvgIpc) is 2.29. The van der Waals surface area contributed by atoms with Gasteiger partial charge in [0.2, 0.25) is 0 Å². The van der Waals surface area contributed by atoms with Crippen LogP contribution in [0.1, 0.15) is 11.4 Å². The number of aliphatic hydroxyl groups excluding tert-OH is 1. The SMILES string of the molecule is Cc1cc(CO)nc(-c2ccc(F)cc2)n1. The Morgan fingerprint density at radius 3 is 2.50 bits per heavy atom. The van der Waals surface area contributed by atoms with E-state index in [1.807, 2.05) is 6.92 Å². The Balaban J connectivity index is 2.47. The van der Waals surface area contributed by atoms with Gasteiger partial charge in [0.25, 0.3) is 0 Å². The maximum Gasteiger partial charge on any atom is 0.159 e. The number of rotatable bonds is 2. The molecule has 0 unspecified atom stereocenters. The van der Waals surface area contributed by atoms with E-state index in [1.54, 1.807) is 18.2 Å². The molecule has 2 aromatic rings. The third kappa shape index (κ3) is 2.23. The van der Waals surface area contributed by atoms with Crippen molar-refractivity contribution in [2.75, 3.05) is 0 Å². The van der Waals surface area contributed by atoms with Gasteiger partial charge in [-0.2, -0.15) is 0 Å². The summed E-state index contributed by atoms with van der Waals surface area (Å²) in [7, 11) is 0. The molecule has 0 radical (unpaired) electrons. The number of halogens is 1. The molecule has 1 N–H and O–H groups in total. The van der Waals surface area contributed by atoms with Crippen LogP contribution in [0.15, 0.2) is 30.3 Å². The lowest BCUT2D eigenvalue weighted by Gasteiger charge is -2.04. The zero-order chi connectivity index (χ0) is 11.5. The van der Waals surface area contributed by atoms with Crippen LogP contribution in [-0.2, 0) is 6.61 Å². The van der Waals surface area contributed by atoms with Gasteiger partial charge in [-0.05, 0) is 37.3 Å². The van der Waals surface area contributed by atoms with Gasteiger partial charge < -0.3 is 5.11 Å². The summed E-state index contributed by atoms with van der Waals surface area (Å²) in [5.41, 5.74) is 2.07. The van der Waals surface area contributed by atoms with E-state index in [9.17, 15) is 4.39 Å². The number of aromatic nitrogens is 2. The van der Waals surface area contributed by atoms with Crippen molar-refractivity contribution in [3.05, 3.63) is 47.5 Å². The predicted molar refractivity (Wildman–Crippen MR) is 58.1 cm³/mol. The van der Waals surface area contributed by atoms with Crippen LogP contribution in [0.4, 0.5) is 4.39 Å². The molecule has 0 spiro atoms. The van der Waals surface area contributed by atoms with Crippen molar-refractivity contribution in [2.24, 2.45) is 0 Å². The van der Waals surface area contributed by atoms with E-state index in [0.717, 1.165) is 11.3 Å². The first-order valence-electron chi connectivity index (χ1n) is 4.90. The van der Waals surface area contributed by atoms with Crippen LogP contribution >= 0.6 is 0 Å². The van der Waals surface area contributed by atoms with Crippen LogP contribution in [0, 0.1) is 12.7 Å². The monoisotopic (exact) mass is 218 g/mol. The highest BCUT2D eigenvalue weighted by Crippen LogP contribution is 2.16. The standard InChI is InChI=1S/C12H11FN2O/c1-8-6-11(7-16)15-12(14-8)9-2-4-10(13)5-3-9/h2-6,16H,7H2,1H3. The summed E-state index contributed by atoms with van der Waals surface area (Å²) in [5, 5.41) is 9.03. The van der Waals surface area contributed by atoms with Crippen LogP contribution < -0.4 is 0 Å². The molecule has 0 saturated carbocycles. The first kappa shape index (κ1) is 10.7. The molecule has 1 aromatic carbocycles. The van der Waals surface area contributed by atoms with Gasteiger partial charge in [0, 0.05) is 11.3 Å². The number of benzene rings is 1. The molecule has 0 aliphatic heterocycles. The molecule has 16 heavy (non-hydrogen) atoms. The minimum absolute atomic E-state index is 0.127. The molecule has 3 nitrogen and oxygen atoms in total. The lowest BCUT2D eigenvalue weighted by atomic mass is 10.2. The Kier molecular flexibility index (Phi) is 2.92. The molecule has 0 atom stereocenters. The first-order valence-corrected chi connectivity index (χ1v) is 4.90. The molecular weight excluding hydrogens is 207 g/mol. The number of nitrogens with zero attached hydrogens (tertiary/aromatic N) is 2. The summed E-state index contributed by atoms with van der Waals surface area (Å²) in [6, 6.07) is 7.67. The van der Waals surface area contributed by atoms with Gasteiger partial charge in [-0.1, -0.05) is 0 Å². The van der Waals surface area contributed by atoms with Gasteiger partial charge in [0.15, 0.2) is 5.82 Å². The van der Waals surface area contributed by atoms with E-state index < -0.39 is 0 Å². The van der Waals surface area contributed by atoms with Crippen LogP contribution in [0.2, 0.25) is 0 Å². The number of aryl methyl sites for hydroxylation is 1. The van der Waals surface area contributed by atoms with Gasteiger partial charge in [0.05, 0.1) is 12.3 Å². The van der Waals surface area contributed by atoms with E-state index in [4.69, 9.17) is 5.11 Å². The van der Waals surface area contributed by atoms with Crippen molar-refractivity contribution in [3.8, 4) is 11.4 Å². The molecule has 0 amide bonds. The molecule has 0 bridgehead atoms. The lowest BCUT2D eigenvalue weighted by Crippen LogP contribution is -1.97. The third-order valence-electron chi connectivity index (χ3n) is 2.17. The van der Waals surface area contributed by atoms with Crippen molar-refractivity contribution in [1.82, 2.24) is 9.97 Å². The minimum atomic E-state index is -0.293. The van der Waals surface area contributed by atoms with Crippen LogP contribution in [0.5, 0.6) is 0 Å². The average molecular weight is 218 g/mol. The van der Waals surface area contributed by atoms with E-state index in [0.29, 0.717) is 11.5 Å². The van der Waals surface area contributed by atoms with Crippen molar-refractivity contribution in [1.29, 1.82) is 0 Å². The van der Waals surface area contributed by atoms with Crippen molar-refractivity contribution < 1.29 is 9.50 Å². The molecule has 0 aliphatic rings. The van der Waals surface area contributed by atoms with E-state index >= 15 is 0 Å². The Hall–Kier alpha value is -1.81. The van der Waals surface area contributed by atoms with Crippen LogP contribution in [0.3, 0.4) is 0 Å². The fraction of sp³-hybridized carbons (Fsp3) is 0.167. The molecule has 1 heterocycles. The molecule has 0 saturated heterocycles. The summed E-state index contributed by atoms with van der Waals surface area (Å²) in [6.45, 7) is 1.70. The number of hydrogen-bond donors (Lipinski definition) is 1. The summed E-state index contributed by atoms with van der Waals surface area (Å²) in [6.07, 6.45) is 0. The Morgan fingerprint density at radius 1 is 1.19 bits per heavy atom. The molecule has 0 fully saturated rings. The van der Waals surface area contributed by atoms with Crippen molar-refractivity contribution in [2.45, 2.75) is 13.5 Å². The third-order valence-corrected chi connectivity index (χ3v) is 2.17. The molecule has 2 rings (SSSR count). The zero-order valence-corrected chi connectivity index (χ0v) is 8.81. The maximum absolute atomic E-state index is 12.7. The second kappa shape index (κ2) is 4.37. The second-order valence-electron chi connectivity index (χ2n) is 3.49. The van der Waals surface area contributed by atoms with E-state index in [2.05, 4.69) is 9.97 Å². The maximum atomic E-state index is 12.7. The molecule has 0 aliphatic carbocycles. The van der Waals surface area contributed by atoms with Gasteiger partial charge in [-0.3, -0.25) is 0 Å². The topological polar surface area (TPSA) is 46.0 Å². The van der Waals surface area contributed by atoms with Crippen molar-refractivity contribution in [3.63, 3.8) is 0 Å². The Bertz CT molecular complexity index is 497. The number of hydrogen-bond acceptors (Lipinski definition) is 3. The second-order valence-corrected chi connectivity index (χ2v) is 3.49. The quantitative estimate of drug-likeness (QED) is 0.839. The van der Waals surface area contributed by atoms with Gasteiger partial charge in [-0.15, -0.1) is 0 Å². The minimum Gasteiger partial charge on any atom is -0.390 e. The van der Waals surface area contributed by atoms with E-state index in [-0.39, 0.29) is 12.4 Å². The van der Waals surface area contributed by atoms with Crippen LogP contribution in [-0.4, -0.2) is 15.1 Å². The van der Waals surface area contributed by atoms with Crippen molar-refractivity contribution >= 4 is 0 Å². The molecule has 4 heteroatoms. The summed E-state index contributed by atoms with van der Waals surface area (Å²) in [4.78, 5) is 8.41. The van der Waals surface area contributed by atoms with Gasteiger partial charge in [0.1, 0.15) is 5.82 Å². The van der Waals surface area contributed by atoms with Gasteiger partial charge in [-0.25, -0.2) is 14.4 Å². The normalized spacial score (nSPS) is 10.4. The summed E-state index contributed by atoms with van der Waals surface area (Å²) < 4.78 is 12.7. The predicted octanol–water partition coefficient (Wildman–Crippen LogP) is 2.08. The first-order chi connectivity index (χ1) is 7.69. The molecule has 1 aromatic heterocycles. The summed E-state index contributed by atoms with van der Waals surface area (Å²) >= 11 is 0. The highest BCUT2D eigenvalue weighted by Gasteiger charge is 2.04. The smallest absolute Gasteiger partial charge is 0.159 e. The Labute approximate surface area is 92.6 Å². The lowest BCUT2D eigenvalue weighted by molar-refractivity contribution is 0.276. The van der Waals surface area contributed by atoms with E-state index in [1.165, 1.54) is 12.1 Å². The highest BCUT2D eigenvalue weighted by molar-refractivity contribution is 5.54. The highest BCUT2D eigenvalue weighted by atomic mass is 19.1. The Morgan fingerprint density at radius 2 is 1.88 bits per heavy atom. The van der Waals surface area contributed by atoms with Crippen LogP contribution in [0.25, 0.3) is 11.4 Å². The summed E-state index contributed by atoms with van der Waals surface area (Å²) in [5.74, 6) is 0.211. The zero-order valence-electron chi connectivity index (χ0n) is 8.81. The largest absolute Gasteiger partial charge is 0.390 e. The molecular formula is C12H11FN2O. The fourth-order valence-electron chi connectivity index (χ4n) is 1.44.